The van der Waals surface area contributed by atoms with E-state index in [9.17, 15) is 4.79 Å². The molecule has 112 valence electrons. The van der Waals surface area contributed by atoms with Crippen molar-refractivity contribution < 1.29 is 9.53 Å². The summed E-state index contributed by atoms with van der Waals surface area (Å²) >= 11 is 7.53. The lowest BCUT2D eigenvalue weighted by Crippen LogP contribution is -2.25. The smallest absolute Gasteiger partial charge is 0.263 e. The van der Waals surface area contributed by atoms with E-state index in [1.807, 2.05) is 12.1 Å². The Hall–Kier alpha value is -1.30. The lowest BCUT2D eigenvalue weighted by molar-refractivity contribution is 0.0955. The van der Waals surface area contributed by atoms with Crippen LogP contribution >= 0.6 is 22.9 Å². The summed E-state index contributed by atoms with van der Waals surface area (Å²) in [7, 11) is 0. The largest absolute Gasteiger partial charge is 0.397 e. The Bertz CT molecular complexity index is 665. The van der Waals surface area contributed by atoms with Crippen LogP contribution in [0.3, 0.4) is 0 Å². The molecular weight excluding hydrogens is 308 g/mol. The number of benzene rings is 1. The van der Waals surface area contributed by atoms with Crippen molar-refractivity contribution >= 4 is 44.6 Å². The summed E-state index contributed by atoms with van der Waals surface area (Å²) in [5, 5.41) is 4.30. The predicted octanol–water partition coefficient (Wildman–Crippen LogP) is 3.29. The van der Waals surface area contributed by atoms with E-state index < -0.39 is 0 Å². The van der Waals surface area contributed by atoms with E-state index in [2.05, 4.69) is 5.32 Å². The van der Waals surface area contributed by atoms with Gasteiger partial charge in [0.05, 0.1) is 10.7 Å². The Morgan fingerprint density at radius 3 is 3.10 bits per heavy atom. The van der Waals surface area contributed by atoms with Crippen LogP contribution in [0.25, 0.3) is 10.1 Å². The van der Waals surface area contributed by atoms with E-state index in [0.29, 0.717) is 28.0 Å². The summed E-state index contributed by atoms with van der Waals surface area (Å²) in [4.78, 5) is 12.8. The lowest BCUT2D eigenvalue weighted by Gasteiger charge is -2.08. The molecule has 1 saturated heterocycles. The molecule has 0 radical (unpaired) electrons. The van der Waals surface area contributed by atoms with Crippen LogP contribution < -0.4 is 11.1 Å². The summed E-state index contributed by atoms with van der Waals surface area (Å²) in [6, 6.07) is 5.58. The summed E-state index contributed by atoms with van der Waals surface area (Å²) < 4.78 is 6.27. The number of amides is 1. The molecule has 2 heterocycles. The highest BCUT2D eigenvalue weighted by Crippen LogP contribution is 2.37. The van der Waals surface area contributed by atoms with E-state index in [1.54, 1.807) is 6.07 Å². The number of anilines is 1. The van der Waals surface area contributed by atoms with Gasteiger partial charge in [0.15, 0.2) is 0 Å². The second kappa shape index (κ2) is 6.22. The maximum atomic E-state index is 12.3. The van der Waals surface area contributed by atoms with E-state index >= 15 is 0 Å². The van der Waals surface area contributed by atoms with Crippen molar-refractivity contribution in [2.45, 2.75) is 12.8 Å². The van der Waals surface area contributed by atoms with Crippen LogP contribution in [0.5, 0.6) is 0 Å². The lowest BCUT2D eigenvalue weighted by atomic mass is 10.1. The molecular formula is C15H17ClN2O2S. The molecule has 0 spiro atoms. The van der Waals surface area contributed by atoms with Crippen molar-refractivity contribution in [3.63, 3.8) is 0 Å². The van der Waals surface area contributed by atoms with Crippen molar-refractivity contribution in [3.8, 4) is 0 Å². The van der Waals surface area contributed by atoms with E-state index in [1.165, 1.54) is 11.3 Å². The molecule has 1 atom stereocenters. The van der Waals surface area contributed by atoms with Gasteiger partial charge in [-0.3, -0.25) is 4.79 Å². The first-order chi connectivity index (χ1) is 10.2. The van der Waals surface area contributed by atoms with Crippen LogP contribution in [0.1, 0.15) is 22.5 Å². The molecule has 1 unspecified atom stereocenters. The molecule has 3 N–H and O–H groups in total. The Morgan fingerprint density at radius 2 is 2.38 bits per heavy atom. The average Bonchev–Trinajstić information content (AvgIpc) is 3.08. The number of carbonyl (C=O) groups is 1. The molecule has 1 amide bonds. The fourth-order valence-corrected chi connectivity index (χ4v) is 3.98. The highest BCUT2D eigenvalue weighted by atomic mass is 35.5. The molecule has 6 heteroatoms. The number of ether oxygens (including phenoxy) is 1. The van der Waals surface area contributed by atoms with Crippen LogP contribution in [0.2, 0.25) is 5.02 Å². The zero-order valence-electron chi connectivity index (χ0n) is 11.5. The maximum absolute atomic E-state index is 12.3. The fraction of sp³-hybridized carbons (Fsp3) is 0.400. The summed E-state index contributed by atoms with van der Waals surface area (Å²) in [6.45, 7) is 2.28. The average molecular weight is 325 g/mol. The molecule has 1 aromatic heterocycles. The Balaban J connectivity index is 1.69. The van der Waals surface area contributed by atoms with Gasteiger partial charge in [-0.05, 0) is 30.9 Å². The van der Waals surface area contributed by atoms with Crippen LogP contribution in [0.15, 0.2) is 18.2 Å². The minimum atomic E-state index is -0.122. The highest BCUT2D eigenvalue weighted by Gasteiger charge is 2.19. The first-order valence-corrected chi connectivity index (χ1v) is 8.18. The minimum absolute atomic E-state index is 0.122. The van der Waals surface area contributed by atoms with Gasteiger partial charge in [0.1, 0.15) is 4.88 Å². The van der Waals surface area contributed by atoms with Crippen molar-refractivity contribution in [1.82, 2.24) is 5.32 Å². The van der Waals surface area contributed by atoms with Gasteiger partial charge in [0, 0.05) is 29.8 Å². The molecule has 4 nitrogen and oxygen atoms in total. The second-order valence-electron chi connectivity index (χ2n) is 5.23. The Kier molecular flexibility index (Phi) is 4.33. The van der Waals surface area contributed by atoms with Crippen LogP contribution in [0, 0.1) is 5.92 Å². The fourth-order valence-electron chi connectivity index (χ4n) is 2.58. The van der Waals surface area contributed by atoms with Gasteiger partial charge >= 0.3 is 0 Å². The number of carbonyl (C=O) groups excluding carboxylic acids is 1. The minimum Gasteiger partial charge on any atom is -0.397 e. The third-order valence-electron chi connectivity index (χ3n) is 3.77. The maximum Gasteiger partial charge on any atom is 0.263 e. The third-order valence-corrected chi connectivity index (χ3v) is 5.25. The van der Waals surface area contributed by atoms with Crippen molar-refractivity contribution in [3.05, 3.63) is 28.1 Å². The van der Waals surface area contributed by atoms with Crippen molar-refractivity contribution in [2.24, 2.45) is 5.92 Å². The number of halogens is 1. The normalized spacial score (nSPS) is 18.2. The number of rotatable bonds is 4. The molecule has 0 bridgehead atoms. The predicted molar refractivity (Wildman–Crippen MR) is 87.1 cm³/mol. The molecule has 1 aliphatic heterocycles. The van der Waals surface area contributed by atoms with Gasteiger partial charge in [0.2, 0.25) is 0 Å². The number of nitrogens with two attached hydrogens (primary N) is 1. The van der Waals surface area contributed by atoms with Crippen molar-refractivity contribution in [2.75, 3.05) is 25.5 Å². The monoisotopic (exact) mass is 324 g/mol. The summed E-state index contributed by atoms with van der Waals surface area (Å²) in [5.41, 5.74) is 6.55. The number of hydrogen-bond acceptors (Lipinski definition) is 4. The molecule has 2 aromatic rings. The number of fused-ring (bicyclic) bond motifs is 1. The van der Waals surface area contributed by atoms with Gasteiger partial charge in [0.25, 0.3) is 5.91 Å². The number of nitrogen functional groups attached to an aromatic ring is 1. The van der Waals surface area contributed by atoms with Gasteiger partial charge < -0.3 is 15.8 Å². The Morgan fingerprint density at radius 1 is 1.52 bits per heavy atom. The third kappa shape index (κ3) is 3.00. The first-order valence-electron chi connectivity index (χ1n) is 6.99. The topological polar surface area (TPSA) is 64.4 Å². The van der Waals surface area contributed by atoms with Crippen LogP contribution in [0.4, 0.5) is 5.69 Å². The second-order valence-corrected chi connectivity index (χ2v) is 6.69. The quantitative estimate of drug-likeness (QED) is 0.907. The molecule has 0 aliphatic carbocycles. The molecule has 1 aliphatic rings. The standard InChI is InChI=1S/C15H17ClN2O2S/c16-10-2-1-3-11-12(10)13(17)14(21-11)15(19)18-6-4-9-5-7-20-8-9/h1-3,9H,4-8,17H2,(H,18,19). The van der Waals surface area contributed by atoms with Crippen LogP contribution in [-0.4, -0.2) is 25.7 Å². The molecule has 0 saturated carbocycles. The van der Waals surface area contributed by atoms with E-state index in [-0.39, 0.29) is 5.91 Å². The SMILES string of the molecule is Nc1c(C(=O)NCCC2CCOC2)sc2cccc(Cl)c12. The number of thiophene rings is 1. The Labute approximate surface area is 132 Å². The molecule has 1 aromatic carbocycles. The van der Waals surface area contributed by atoms with Crippen LogP contribution in [-0.2, 0) is 4.74 Å². The molecule has 3 rings (SSSR count). The van der Waals surface area contributed by atoms with Gasteiger partial charge in [-0.2, -0.15) is 0 Å². The van der Waals surface area contributed by atoms with Gasteiger partial charge in [-0.15, -0.1) is 11.3 Å². The zero-order chi connectivity index (χ0) is 14.8. The van der Waals surface area contributed by atoms with Gasteiger partial charge in [-0.1, -0.05) is 17.7 Å². The first kappa shape index (κ1) is 14.6. The van der Waals surface area contributed by atoms with Gasteiger partial charge in [-0.25, -0.2) is 0 Å². The zero-order valence-corrected chi connectivity index (χ0v) is 13.1. The van der Waals surface area contributed by atoms with Crippen molar-refractivity contribution in [1.29, 1.82) is 0 Å². The highest BCUT2D eigenvalue weighted by molar-refractivity contribution is 7.21. The summed E-state index contributed by atoms with van der Waals surface area (Å²) in [5.74, 6) is 0.434. The van der Waals surface area contributed by atoms with E-state index in [4.69, 9.17) is 22.1 Å². The van der Waals surface area contributed by atoms with E-state index in [0.717, 1.165) is 36.1 Å². The molecule has 1 fully saturated rings. The molecule has 21 heavy (non-hydrogen) atoms. The number of nitrogens with one attached hydrogen (secondary N) is 1. The summed E-state index contributed by atoms with van der Waals surface area (Å²) in [6.07, 6.45) is 2.02. The number of hydrogen-bond donors (Lipinski definition) is 2.